The summed E-state index contributed by atoms with van der Waals surface area (Å²) in [5, 5.41) is 7.41. The van der Waals surface area contributed by atoms with E-state index in [0.717, 1.165) is 24.3 Å². The van der Waals surface area contributed by atoms with E-state index in [4.69, 9.17) is 4.52 Å². The molecule has 1 aliphatic rings. The second kappa shape index (κ2) is 4.90. The Morgan fingerprint density at radius 1 is 1.50 bits per heavy atom. The highest BCUT2D eigenvalue weighted by molar-refractivity contribution is 5.25. The van der Waals surface area contributed by atoms with Crippen LogP contribution in [0.3, 0.4) is 0 Å². The van der Waals surface area contributed by atoms with Gasteiger partial charge in [-0.05, 0) is 37.8 Å². The van der Waals surface area contributed by atoms with Gasteiger partial charge in [-0.15, -0.1) is 0 Å². The van der Waals surface area contributed by atoms with Crippen LogP contribution in [0.1, 0.15) is 41.6 Å². The van der Waals surface area contributed by atoms with Gasteiger partial charge >= 0.3 is 0 Å². The van der Waals surface area contributed by atoms with Gasteiger partial charge in [0, 0.05) is 12.3 Å². The molecule has 0 aliphatic heterocycles. The van der Waals surface area contributed by atoms with Gasteiger partial charge in [-0.25, -0.2) is 0 Å². The Morgan fingerprint density at radius 2 is 2.44 bits per heavy atom. The third-order valence-corrected chi connectivity index (χ3v) is 3.39. The number of pyridine rings is 1. The molecule has 0 saturated carbocycles. The van der Waals surface area contributed by atoms with Crippen LogP contribution in [-0.4, -0.2) is 10.1 Å². The summed E-state index contributed by atoms with van der Waals surface area (Å²) >= 11 is 0. The van der Waals surface area contributed by atoms with E-state index < -0.39 is 0 Å². The van der Waals surface area contributed by atoms with Crippen molar-refractivity contribution >= 4 is 0 Å². The Kier molecular flexibility index (Phi) is 3.11. The van der Waals surface area contributed by atoms with Gasteiger partial charge in [0.15, 0.2) is 5.76 Å². The molecule has 0 fully saturated rings. The number of aromatic nitrogens is 2. The van der Waals surface area contributed by atoms with Crippen molar-refractivity contribution in [3.05, 3.63) is 47.1 Å². The fourth-order valence-corrected chi connectivity index (χ4v) is 2.53. The van der Waals surface area contributed by atoms with Crippen LogP contribution in [0.4, 0.5) is 0 Å². The lowest BCUT2D eigenvalue weighted by Gasteiger charge is -2.24. The van der Waals surface area contributed by atoms with Gasteiger partial charge in [0.2, 0.25) is 0 Å². The number of nitrogens with zero attached hydrogens (tertiary/aromatic N) is 2. The third-order valence-electron chi connectivity index (χ3n) is 3.39. The predicted molar refractivity (Wildman–Crippen MR) is 68.0 cm³/mol. The largest absolute Gasteiger partial charge is 0.360 e. The van der Waals surface area contributed by atoms with E-state index in [0.29, 0.717) is 12.6 Å². The maximum absolute atomic E-state index is 5.21. The number of fused-ring (bicyclic) bond motifs is 1. The maximum atomic E-state index is 5.21. The monoisotopic (exact) mass is 243 g/mol. The van der Waals surface area contributed by atoms with E-state index >= 15 is 0 Å². The summed E-state index contributed by atoms with van der Waals surface area (Å²) in [6.45, 7) is 2.64. The predicted octanol–water partition coefficient (Wildman–Crippen LogP) is 2.55. The SMILES string of the molecule is Cc1cc(CNC2CCCc3cccnc32)on1. The Morgan fingerprint density at radius 3 is 3.28 bits per heavy atom. The Labute approximate surface area is 106 Å². The van der Waals surface area contributed by atoms with E-state index in [2.05, 4.69) is 21.5 Å². The van der Waals surface area contributed by atoms with Gasteiger partial charge in [0.25, 0.3) is 0 Å². The van der Waals surface area contributed by atoms with E-state index in [-0.39, 0.29) is 0 Å². The molecule has 4 nitrogen and oxygen atoms in total. The molecule has 4 heteroatoms. The minimum atomic E-state index is 0.334. The van der Waals surface area contributed by atoms with Crippen LogP contribution < -0.4 is 5.32 Å². The van der Waals surface area contributed by atoms with Gasteiger partial charge in [-0.1, -0.05) is 11.2 Å². The van der Waals surface area contributed by atoms with Crippen LogP contribution in [0, 0.1) is 6.92 Å². The van der Waals surface area contributed by atoms with Gasteiger partial charge < -0.3 is 9.84 Å². The van der Waals surface area contributed by atoms with Gasteiger partial charge in [0.1, 0.15) is 0 Å². The first kappa shape index (κ1) is 11.4. The van der Waals surface area contributed by atoms with Crippen LogP contribution in [0.2, 0.25) is 0 Å². The molecular formula is C14H17N3O. The molecule has 2 aromatic rings. The van der Waals surface area contributed by atoms with Gasteiger partial charge in [-0.2, -0.15) is 0 Å². The van der Waals surface area contributed by atoms with Crippen LogP contribution >= 0.6 is 0 Å². The zero-order chi connectivity index (χ0) is 12.4. The van der Waals surface area contributed by atoms with Crippen molar-refractivity contribution in [1.82, 2.24) is 15.5 Å². The molecule has 94 valence electrons. The van der Waals surface area contributed by atoms with E-state index in [1.807, 2.05) is 25.3 Å². The van der Waals surface area contributed by atoms with Crippen LogP contribution in [0.15, 0.2) is 28.9 Å². The van der Waals surface area contributed by atoms with Crippen molar-refractivity contribution in [2.24, 2.45) is 0 Å². The lowest BCUT2D eigenvalue weighted by molar-refractivity contribution is 0.351. The van der Waals surface area contributed by atoms with Crippen molar-refractivity contribution in [2.75, 3.05) is 0 Å². The quantitative estimate of drug-likeness (QED) is 0.900. The molecule has 1 N–H and O–H groups in total. The summed E-state index contributed by atoms with van der Waals surface area (Å²) in [6.07, 6.45) is 5.36. The first-order chi connectivity index (χ1) is 8.83. The molecule has 0 saturated heterocycles. The van der Waals surface area contributed by atoms with E-state index in [1.54, 1.807) is 0 Å². The summed E-state index contributed by atoms with van der Waals surface area (Å²) in [4.78, 5) is 4.51. The lowest BCUT2D eigenvalue weighted by Crippen LogP contribution is -2.25. The molecule has 1 unspecified atom stereocenters. The van der Waals surface area contributed by atoms with Crippen molar-refractivity contribution in [2.45, 2.75) is 38.8 Å². The van der Waals surface area contributed by atoms with Crippen LogP contribution in [-0.2, 0) is 13.0 Å². The number of hydrogen-bond donors (Lipinski definition) is 1. The number of hydrogen-bond acceptors (Lipinski definition) is 4. The average Bonchev–Trinajstić information content (AvgIpc) is 2.82. The lowest BCUT2D eigenvalue weighted by atomic mass is 9.92. The van der Waals surface area contributed by atoms with Crippen LogP contribution in [0.25, 0.3) is 0 Å². The first-order valence-corrected chi connectivity index (χ1v) is 6.42. The maximum Gasteiger partial charge on any atom is 0.150 e. The molecular weight excluding hydrogens is 226 g/mol. The van der Waals surface area contributed by atoms with Crippen LogP contribution in [0.5, 0.6) is 0 Å². The number of nitrogens with one attached hydrogen (secondary N) is 1. The van der Waals surface area contributed by atoms with E-state index in [1.165, 1.54) is 17.7 Å². The second-order valence-corrected chi connectivity index (χ2v) is 4.81. The van der Waals surface area contributed by atoms with Crippen molar-refractivity contribution in [3.63, 3.8) is 0 Å². The topological polar surface area (TPSA) is 51.0 Å². The summed E-state index contributed by atoms with van der Waals surface area (Å²) in [6, 6.07) is 6.49. The summed E-state index contributed by atoms with van der Waals surface area (Å²) < 4.78 is 5.21. The molecule has 1 aliphatic carbocycles. The highest BCUT2D eigenvalue weighted by atomic mass is 16.5. The molecule has 0 spiro atoms. The Balaban J connectivity index is 1.71. The van der Waals surface area contributed by atoms with Gasteiger partial charge in [0.05, 0.1) is 24.0 Å². The molecule has 1 atom stereocenters. The Hall–Kier alpha value is -1.68. The minimum Gasteiger partial charge on any atom is -0.360 e. The van der Waals surface area contributed by atoms with Gasteiger partial charge in [-0.3, -0.25) is 4.98 Å². The molecule has 3 rings (SSSR count). The zero-order valence-corrected chi connectivity index (χ0v) is 10.5. The average molecular weight is 243 g/mol. The Bertz CT molecular complexity index is 535. The molecule has 2 heterocycles. The first-order valence-electron chi connectivity index (χ1n) is 6.42. The molecule has 0 radical (unpaired) electrons. The fraction of sp³-hybridized carbons (Fsp3) is 0.429. The number of aryl methyl sites for hydroxylation is 2. The molecule has 2 aromatic heterocycles. The number of rotatable bonds is 3. The van der Waals surface area contributed by atoms with Crippen molar-refractivity contribution in [3.8, 4) is 0 Å². The van der Waals surface area contributed by atoms with Crippen molar-refractivity contribution < 1.29 is 4.52 Å². The normalized spacial score (nSPS) is 18.6. The minimum absolute atomic E-state index is 0.334. The standard InChI is InChI=1S/C14H17N3O/c1-10-8-12(18-17-10)9-16-13-6-2-4-11-5-3-7-15-14(11)13/h3,5,7-8,13,16H,2,4,6,9H2,1H3. The summed E-state index contributed by atoms with van der Waals surface area (Å²) in [5.74, 6) is 0.885. The molecule has 0 bridgehead atoms. The second-order valence-electron chi connectivity index (χ2n) is 4.81. The molecule has 0 aromatic carbocycles. The summed E-state index contributed by atoms with van der Waals surface area (Å²) in [5.41, 5.74) is 3.49. The van der Waals surface area contributed by atoms with E-state index in [9.17, 15) is 0 Å². The summed E-state index contributed by atoms with van der Waals surface area (Å²) in [7, 11) is 0. The highest BCUT2D eigenvalue weighted by Gasteiger charge is 2.20. The van der Waals surface area contributed by atoms with Crippen molar-refractivity contribution in [1.29, 1.82) is 0 Å². The highest BCUT2D eigenvalue weighted by Crippen LogP contribution is 2.27. The third kappa shape index (κ3) is 2.29. The zero-order valence-electron chi connectivity index (χ0n) is 10.5. The fourth-order valence-electron chi connectivity index (χ4n) is 2.53. The molecule has 18 heavy (non-hydrogen) atoms. The smallest absolute Gasteiger partial charge is 0.150 e. The molecule has 0 amide bonds.